The first kappa shape index (κ1) is 12.6. The van der Waals surface area contributed by atoms with Gasteiger partial charge in [0.1, 0.15) is 0 Å². The van der Waals surface area contributed by atoms with Crippen LogP contribution < -0.4 is 0 Å². The number of carbonyl (C=O) groups is 1. The van der Waals surface area contributed by atoms with Crippen LogP contribution in [-0.2, 0) is 9.53 Å². The lowest BCUT2D eigenvalue weighted by molar-refractivity contribution is -0.176. The third kappa shape index (κ3) is 1.88. The summed E-state index contributed by atoms with van der Waals surface area (Å²) < 4.78 is 6.78. The molecule has 16 heavy (non-hydrogen) atoms. The molecule has 0 radical (unpaired) electrons. The Morgan fingerprint density at radius 2 is 2.19 bits per heavy atom. The van der Waals surface area contributed by atoms with E-state index in [1.807, 2.05) is 13.8 Å². The van der Waals surface area contributed by atoms with Crippen LogP contribution in [0.2, 0.25) is 0 Å². The molecule has 1 spiro atoms. The number of allylic oxidation sites excluding steroid dienone is 1. The van der Waals surface area contributed by atoms with Crippen molar-refractivity contribution in [3.05, 3.63) is 10.6 Å². The van der Waals surface area contributed by atoms with Crippen LogP contribution >= 0.6 is 31.9 Å². The Morgan fingerprint density at radius 3 is 2.81 bits per heavy atom. The molecule has 2 aliphatic rings. The minimum atomic E-state index is -0.454. The maximum Gasteiger partial charge on any atom is 0.312 e. The lowest BCUT2D eigenvalue weighted by Crippen LogP contribution is -2.54. The van der Waals surface area contributed by atoms with Crippen LogP contribution in [0.5, 0.6) is 0 Å². The molecule has 1 aliphatic carbocycles. The van der Waals surface area contributed by atoms with E-state index < -0.39 is 5.60 Å². The summed E-state index contributed by atoms with van der Waals surface area (Å²) in [4.78, 5) is 12.2. The lowest BCUT2D eigenvalue weighted by Gasteiger charge is -2.47. The summed E-state index contributed by atoms with van der Waals surface area (Å²) in [5.74, 6) is -0.0875. The van der Waals surface area contributed by atoms with Gasteiger partial charge < -0.3 is 4.74 Å². The van der Waals surface area contributed by atoms with Gasteiger partial charge >= 0.3 is 5.97 Å². The molecule has 90 valence electrons. The molecular weight excluding hydrogens is 336 g/mol. The third-order valence-corrected chi connectivity index (χ3v) is 5.56. The molecule has 0 bridgehead atoms. The summed E-state index contributed by atoms with van der Waals surface area (Å²) in [7, 11) is 0. The van der Waals surface area contributed by atoms with Crippen molar-refractivity contribution in [3.63, 3.8) is 0 Å². The van der Waals surface area contributed by atoms with E-state index in [9.17, 15) is 4.79 Å². The predicted molar refractivity (Wildman–Crippen MR) is 70.8 cm³/mol. The Bertz CT molecular complexity index is 349. The SMILES string of the molecule is CC1(C)C[C@@H](Br)[C@@]2(CCCC=C2Br)OC1=O. The largest absolute Gasteiger partial charge is 0.452 e. The van der Waals surface area contributed by atoms with Crippen LogP contribution in [0.4, 0.5) is 0 Å². The van der Waals surface area contributed by atoms with Crippen molar-refractivity contribution in [3.8, 4) is 0 Å². The molecule has 4 heteroatoms. The molecule has 1 saturated heterocycles. The number of rotatable bonds is 0. The number of alkyl halides is 1. The first-order valence-electron chi connectivity index (χ1n) is 5.62. The second-order valence-corrected chi connectivity index (χ2v) is 7.24. The van der Waals surface area contributed by atoms with E-state index in [0.29, 0.717) is 0 Å². The van der Waals surface area contributed by atoms with E-state index in [4.69, 9.17) is 4.74 Å². The van der Waals surface area contributed by atoms with Gasteiger partial charge in [0.25, 0.3) is 0 Å². The molecule has 1 fully saturated rings. The highest BCUT2D eigenvalue weighted by Gasteiger charge is 2.53. The van der Waals surface area contributed by atoms with Crippen molar-refractivity contribution in [2.24, 2.45) is 5.41 Å². The van der Waals surface area contributed by atoms with Gasteiger partial charge in [-0.25, -0.2) is 0 Å². The standard InChI is InChI=1S/C12H16Br2O2/c1-11(2)7-9(14)12(16-10(11)15)6-4-3-5-8(12)13/h5,9H,3-4,6-7H2,1-2H3/t9-,12+/m1/s1. The van der Waals surface area contributed by atoms with Gasteiger partial charge in [-0.1, -0.05) is 37.9 Å². The zero-order valence-corrected chi connectivity index (χ0v) is 12.7. The van der Waals surface area contributed by atoms with Crippen molar-refractivity contribution in [1.82, 2.24) is 0 Å². The normalized spacial score (nSPS) is 38.1. The average Bonchev–Trinajstić information content (AvgIpc) is 2.19. The summed E-state index contributed by atoms with van der Waals surface area (Å²) in [5.41, 5.74) is -0.838. The first-order chi connectivity index (χ1) is 7.38. The quantitative estimate of drug-likeness (QED) is 0.488. The summed E-state index contributed by atoms with van der Waals surface area (Å²) >= 11 is 7.27. The maximum absolute atomic E-state index is 12.0. The molecule has 0 N–H and O–H groups in total. The van der Waals surface area contributed by atoms with Crippen LogP contribution in [0.1, 0.15) is 39.5 Å². The van der Waals surface area contributed by atoms with Crippen molar-refractivity contribution < 1.29 is 9.53 Å². The zero-order chi connectivity index (χ0) is 12.0. The lowest BCUT2D eigenvalue weighted by atomic mass is 9.76. The van der Waals surface area contributed by atoms with Gasteiger partial charge in [0, 0.05) is 4.48 Å². The van der Waals surface area contributed by atoms with Crippen molar-refractivity contribution >= 4 is 37.8 Å². The van der Waals surface area contributed by atoms with Crippen LogP contribution in [0.25, 0.3) is 0 Å². The maximum atomic E-state index is 12.0. The molecule has 2 atom stereocenters. The molecule has 0 saturated carbocycles. The molecule has 2 rings (SSSR count). The van der Waals surface area contributed by atoms with Crippen molar-refractivity contribution in [1.29, 1.82) is 0 Å². The first-order valence-corrected chi connectivity index (χ1v) is 7.33. The summed E-state index contributed by atoms with van der Waals surface area (Å²) in [5, 5.41) is 0. The minimum Gasteiger partial charge on any atom is -0.452 e. The predicted octanol–water partition coefficient (Wildman–Crippen LogP) is 3.92. The van der Waals surface area contributed by atoms with Gasteiger partial charge in [0.15, 0.2) is 5.60 Å². The second-order valence-electron chi connectivity index (χ2n) is 5.28. The number of carbonyl (C=O) groups excluding carboxylic acids is 1. The number of hydrogen-bond acceptors (Lipinski definition) is 2. The van der Waals surface area contributed by atoms with Gasteiger partial charge in [-0.05, 0) is 39.5 Å². The van der Waals surface area contributed by atoms with Gasteiger partial charge in [0.2, 0.25) is 0 Å². The van der Waals surface area contributed by atoms with Crippen LogP contribution in [0.15, 0.2) is 10.6 Å². The van der Waals surface area contributed by atoms with Gasteiger partial charge in [-0.3, -0.25) is 4.79 Å². The fourth-order valence-corrected chi connectivity index (χ4v) is 4.83. The van der Waals surface area contributed by atoms with E-state index in [-0.39, 0.29) is 16.2 Å². The number of hydrogen-bond donors (Lipinski definition) is 0. The van der Waals surface area contributed by atoms with Crippen molar-refractivity contribution in [2.75, 3.05) is 0 Å². The van der Waals surface area contributed by atoms with Crippen LogP contribution in [0.3, 0.4) is 0 Å². The highest BCUT2D eigenvalue weighted by Crippen LogP contribution is 2.50. The third-order valence-electron chi connectivity index (χ3n) is 3.50. The van der Waals surface area contributed by atoms with Crippen molar-refractivity contribution in [2.45, 2.75) is 50.0 Å². The minimum absolute atomic E-state index is 0.0875. The zero-order valence-electron chi connectivity index (χ0n) is 9.56. The molecule has 0 aromatic heterocycles. The van der Waals surface area contributed by atoms with E-state index in [1.54, 1.807) is 0 Å². The Hall–Kier alpha value is 0.170. The summed E-state index contributed by atoms with van der Waals surface area (Å²) in [6.07, 6.45) is 5.98. The second kappa shape index (κ2) is 4.13. The molecule has 1 aliphatic heterocycles. The molecule has 0 aromatic carbocycles. The van der Waals surface area contributed by atoms with Gasteiger partial charge in [0.05, 0.1) is 10.2 Å². The molecule has 2 nitrogen and oxygen atoms in total. The molecule has 0 amide bonds. The summed E-state index contributed by atoms with van der Waals surface area (Å²) in [6, 6.07) is 0. The van der Waals surface area contributed by atoms with Gasteiger partial charge in [-0.15, -0.1) is 0 Å². The number of halogens is 2. The highest BCUT2D eigenvalue weighted by atomic mass is 79.9. The van der Waals surface area contributed by atoms with E-state index in [0.717, 1.165) is 30.2 Å². The Kier molecular flexibility index (Phi) is 3.26. The molecule has 0 aromatic rings. The fraction of sp³-hybridized carbons (Fsp3) is 0.750. The van der Waals surface area contributed by atoms with Crippen LogP contribution in [-0.4, -0.2) is 16.4 Å². The van der Waals surface area contributed by atoms with E-state index in [2.05, 4.69) is 37.9 Å². The monoisotopic (exact) mass is 350 g/mol. The topological polar surface area (TPSA) is 26.3 Å². The summed E-state index contributed by atoms with van der Waals surface area (Å²) in [6.45, 7) is 3.88. The molecule has 1 heterocycles. The van der Waals surface area contributed by atoms with Crippen LogP contribution in [0, 0.1) is 5.41 Å². The smallest absolute Gasteiger partial charge is 0.312 e. The number of ether oxygens (including phenoxy) is 1. The molecular formula is C12H16Br2O2. The Morgan fingerprint density at radius 1 is 1.50 bits per heavy atom. The highest BCUT2D eigenvalue weighted by molar-refractivity contribution is 9.12. The van der Waals surface area contributed by atoms with E-state index >= 15 is 0 Å². The molecule has 0 unspecified atom stereocenters. The van der Waals surface area contributed by atoms with E-state index in [1.165, 1.54) is 0 Å². The Balaban J connectivity index is 2.33. The fourth-order valence-electron chi connectivity index (χ4n) is 2.36. The number of esters is 1. The average molecular weight is 352 g/mol. The Labute approximate surface area is 113 Å². The van der Waals surface area contributed by atoms with Gasteiger partial charge in [-0.2, -0.15) is 0 Å².